The van der Waals surface area contributed by atoms with Gasteiger partial charge in [-0.15, -0.1) is 0 Å². The molecule has 0 heterocycles. The summed E-state index contributed by atoms with van der Waals surface area (Å²) in [6.45, 7) is 6.56. The van der Waals surface area contributed by atoms with Crippen molar-refractivity contribution >= 4 is 26.2 Å². The van der Waals surface area contributed by atoms with Crippen LogP contribution in [0.2, 0.25) is 0 Å². The average Bonchev–Trinajstić information content (AvgIpc) is 2.23. The summed E-state index contributed by atoms with van der Waals surface area (Å²) in [6, 6.07) is 0. The first kappa shape index (κ1) is 18.1. The third-order valence-corrected chi connectivity index (χ3v) is 5.30. The molecule has 0 N–H and O–H groups in total. The molecule has 0 unspecified atom stereocenters. The Labute approximate surface area is 110 Å². The molecule has 15 heavy (non-hydrogen) atoms. The molecule has 0 aliphatic heterocycles. The molecule has 0 rings (SSSR count). The van der Waals surface area contributed by atoms with Crippen LogP contribution in [0.4, 0.5) is 0 Å². The van der Waals surface area contributed by atoms with Gasteiger partial charge in [-0.3, -0.25) is 0 Å². The number of unbranched alkanes of at least 4 members (excludes halogenated alkanes) is 2. The van der Waals surface area contributed by atoms with Crippen LogP contribution in [0.3, 0.4) is 0 Å². The van der Waals surface area contributed by atoms with Gasteiger partial charge >= 0.3 is 93.8 Å². The van der Waals surface area contributed by atoms with Gasteiger partial charge in [0.15, 0.2) is 0 Å². The van der Waals surface area contributed by atoms with Gasteiger partial charge in [0.1, 0.15) is 0 Å². The summed E-state index contributed by atoms with van der Waals surface area (Å²) >= 11 is 1.33. The van der Waals surface area contributed by atoms with Crippen molar-refractivity contribution in [3.8, 4) is 0 Å². The Balaban J connectivity index is 0. The number of carbonyl (C=O) groups excluding carboxylic acids is 1. The van der Waals surface area contributed by atoms with E-state index in [9.17, 15) is 0 Å². The molecule has 86 valence electrons. The van der Waals surface area contributed by atoms with Gasteiger partial charge in [-0.2, -0.15) is 0 Å². The van der Waals surface area contributed by atoms with E-state index in [1.807, 2.05) is 19.8 Å². The van der Waals surface area contributed by atoms with Gasteiger partial charge in [0.25, 0.3) is 0 Å². The van der Waals surface area contributed by atoms with Crippen molar-refractivity contribution in [3.63, 3.8) is 0 Å². The van der Waals surface area contributed by atoms with E-state index in [1.54, 1.807) is 0 Å². The standard InChI is InChI=1S/C8H19NS2.CH2O2.Zn/c1-3-5-7-9(11-10)8-6-4-2;2-1-3;/h10H,3-8H2,1-2H3;1H,(H,2,3);/q;;+2/p-2. The summed E-state index contributed by atoms with van der Waals surface area (Å²) in [5, 5.41) is 8.25. The van der Waals surface area contributed by atoms with Crippen LogP contribution in [-0.4, -0.2) is 23.9 Å². The van der Waals surface area contributed by atoms with Crippen molar-refractivity contribution in [1.29, 1.82) is 0 Å². The number of hydrogen-bond acceptors (Lipinski definition) is 5. The molecule has 0 saturated heterocycles. The molecule has 6 heteroatoms. The predicted molar refractivity (Wildman–Crippen MR) is 62.6 cm³/mol. The zero-order chi connectivity index (χ0) is 11.9. The van der Waals surface area contributed by atoms with E-state index in [-0.39, 0.29) is 0 Å². The maximum Gasteiger partial charge on any atom is 0.0275 e. The first-order valence-corrected chi connectivity index (χ1v) is 11.1. The second kappa shape index (κ2) is 17.2. The fourth-order valence-corrected chi connectivity index (χ4v) is 5.20. The maximum atomic E-state index is 8.25. The van der Waals surface area contributed by atoms with E-state index in [0.29, 0.717) is 0 Å². The Bertz CT molecular complexity index is 123. The smallest absolute Gasteiger partial charge is 0.0275 e. The molecule has 0 aliphatic carbocycles. The van der Waals surface area contributed by atoms with Crippen LogP contribution in [-0.2, 0) is 21.9 Å². The summed E-state index contributed by atoms with van der Waals surface area (Å²) in [5.41, 5.74) is 0. The largest absolute Gasteiger partial charge is 0.554 e. The molecule has 0 aromatic heterocycles. The zero-order valence-corrected chi connectivity index (χ0v) is 14.2. The van der Waals surface area contributed by atoms with Crippen LogP contribution in [0.1, 0.15) is 39.5 Å². The minimum Gasteiger partial charge on any atom is -0.554 e. The molecule has 3 nitrogen and oxygen atoms in total. The Kier molecular flexibility index (Phi) is 20.7. The summed E-state index contributed by atoms with van der Waals surface area (Å²) in [7, 11) is 3.94. The first-order valence-electron chi connectivity index (χ1n) is 5.16. The molecular formula is C9H19NO2S2Zn. The van der Waals surface area contributed by atoms with Crippen molar-refractivity contribution in [2.75, 3.05) is 13.1 Å². The predicted octanol–water partition coefficient (Wildman–Crippen LogP) is 2.01. The quantitative estimate of drug-likeness (QED) is 0.297. The van der Waals surface area contributed by atoms with E-state index >= 15 is 0 Å². The molecule has 0 aromatic carbocycles. The SMILES string of the molecule is CCCCN(CCCC)S[S][Zn+].O=C[O-]. The number of carbonyl (C=O) groups is 1. The fourth-order valence-electron chi connectivity index (χ4n) is 0.930. The molecule has 0 saturated carbocycles. The third-order valence-electron chi connectivity index (χ3n) is 1.68. The average molecular weight is 303 g/mol. The minimum absolute atomic E-state index is 0.500. The van der Waals surface area contributed by atoms with E-state index in [2.05, 4.69) is 18.2 Å². The van der Waals surface area contributed by atoms with Crippen molar-refractivity contribution in [2.24, 2.45) is 0 Å². The van der Waals surface area contributed by atoms with Crippen LogP contribution in [0.15, 0.2) is 0 Å². The second-order valence-corrected chi connectivity index (χ2v) is 9.43. The molecule has 0 fully saturated rings. The Morgan fingerprint density at radius 2 is 1.67 bits per heavy atom. The van der Waals surface area contributed by atoms with Crippen molar-refractivity contribution in [1.82, 2.24) is 4.31 Å². The third kappa shape index (κ3) is 17.4. The van der Waals surface area contributed by atoms with Crippen LogP contribution in [0.25, 0.3) is 0 Å². The van der Waals surface area contributed by atoms with Crippen molar-refractivity contribution in [2.45, 2.75) is 39.5 Å². The van der Waals surface area contributed by atoms with Gasteiger partial charge in [0.2, 0.25) is 0 Å². The first-order chi connectivity index (χ1) is 7.26. The summed E-state index contributed by atoms with van der Waals surface area (Å²) in [6.07, 6.45) is 5.32. The van der Waals surface area contributed by atoms with E-state index in [0.717, 1.165) is 0 Å². The van der Waals surface area contributed by atoms with Crippen LogP contribution in [0, 0.1) is 0 Å². The van der Waals surface area contributed by atoms with Gasteiger partial charge in [-0.1, -0.05) is 0 Å². The molecular weight excluding hydrogens is 284 g/mol. The topological polar surface area (TPSA) is 43.4 Å². The van der Waals surface area contributed by atoms with E-state index in [1.165, 1.54) is 55.9 Å². The second-order valence-electron chi connectivity index (χ2n) is 2.92. The van der Waals surface area contributed by atoms with Gasteiger partial charge in [-0.05, 0) is 0 Å². The van der Waals surface area contributed by atoms with Crippen molar-refractivity contribution < 1.29 is 27.0 Å². The molecule has 0 aromatic rings. The number of nitrogens with zero attached hydrogens (tertiary/aromatic N) is 1. The number of carboxylic acid groups (broad SMARTS) is 1. The minimum atomic E-state index is -0.500. The van der Waals surface area contributed by atoms with E-state index in [4.69, 9.17) is 9.90 Å². The summed E-state index contributed by atoms with van der Waals surface area (Å²) in [5.74, 6) is 0. The molecule has 0 atom stereocenters. The summed E-state index contributed by atoms with van der Waals surface area (Å²) < 4.78 is 2.52. The Morgan fingerprint density at radius 1 is 1.27 bits per heavy atom. The number of rotatable bonds is 8. The summed E-state index contributed by atoms with van der Waals surface area (Å²) in [4.78, 5) is 8.25. The molecule has 0 aliphatic rings. The van der Waals surface area contributed by atoms with Gasteiger partial charge in [-0.25, -0.2) is 0 Å². The van der Waals surface area contributed by atoms with Crippen LogP contribution in [0.5, 0.6) is 0 Å². The van der Waals surface area contributed by atoms with Gasteiger partial charge in [0, 0.05) is 6.47 Å². The molecule has 0 spiro atoms. The van der Waals surface area contributed by atoms with E-state index < -0.39 is 6.47 Å². The zero-order valence-electron chi connectivity index (χ0n) is 9.61. The number of hydrogen-bond donors (Lipinski definition) is 0. The van der Waals surface area contributed by atoms with Gasteiger partial charge in [0.05, 0.1) is 0 Å². The molecule has 0 bridgehead atoms. The maximum absolute atomic E-state index is 8.25. The van der Waals surface area contributed by atoms with Crippen molar-refractivity contribution in [3.05, 3.63) is 0 Å². The van der Waals surface area contributed by atoms with Crippen LogP contribution >= 0.6 is 19.8 Å². The fraction of sp³-hybridized carbons (Fsp3) is 0.889. The molecule has 0 amide bonds. The molecule has 0 radical (unpaired) electrons. The Hall–Kier alpha value is 0.753. The normalized spacial score (nSPS) is 9.67. The Morgan fingerprint density at radius 3 is 1.93 bits per heavy atom. The van der Waals surface area contributed by atoms with Crippen LogP contribution < -0.4 is 5.11 Å². The monoisotopic (exact) mass is 301 g/mol. The van der Waals surface area contributed by atoms with Gasteiger partial charge < -0.3 is 9.90 Å².